The third kappa shape index (κ3) is 3.83. The van der Waals surface area contributed by atoms with Gasteiger partial charge in [-0.1, -0.05) is 29.5 Å². The predicted octanol–water partition coefficient (Wildman–Crippen LogP) is 2.28. The number of nitrogens with one attached hydrogen (secondary N) is 1. The van der Waals surface area contributed by atoms with Gasteiger partial charge in [0.05, 0.1) is 22.9 Å². The highest BCUT2D eigenvalue weighted by Gasteiger charge is 2.06. The van der Waals surface area contributed by atoms with Crippen molar-refractivity contribution in [3.8, 4) is 5.75 Å². The number of nitrogens with zero attached hydrogens (tertiary/aromatic N) is 2. The van der Waals surface area contributed by atoms with Crippen LogP contribution in [-0.2, 0) is 11.2 Å². The van der Waals surface area contributed by atoms with Crippen molar-refractivity contribution < 1.29 is 9.90 Å². The molecule has 0 saturated carbocycles. The van der Waals surface area contributed by atoms with Crippen LogP contribution in [0.2, 0.25) is 0 Å². The second-order valence-corrected chi connectivity index (χ2v) is 5.98. The molecule has 7 heteroatoms. The van der Waals surface area contributed by atoms with Gasteiger partial charge in [-0.3, -0.25) is 4.79 Å². The second-order valence-electron chi connectivity index (χ2n) is 4.92. The van der Waals surface area contributed by atoms with Crippen molar-refractivity contribution >= 4 is 38.8 Å². The molecule has 0 bridgehead atoms. The Kier molecular flexibility index (Phi) is 4.20. The van der Waals surface area contributed by atoms with Crippen molar-refractivity contribution in [2.24, 2.45) is 5.10 Å². The Morgan fingerprint density at radius 3 is 3.04 bits per heavy atom. The smallest absolute Gasteiger partial charge is 0.244 e. The molecule has 0 radical (unpaired) electrons. The molecule has 0 saturated heterocycles. The normalized spacial score (nSPS) is 11.1. The molecule has 0 spiro atoms. The average Bonchev–Trinajstić information content (AvgIpc) is 2.86. The number of phenols is 1. The molecule has 2 aromatic carbocycles. The van der Waals surface area contributed by atoms with Crippen molar-refractivity contribution in [3.63, 3.8) is 0 Å². The van der Waals surface area contributed by atoms with Gasteiger partial charge in [0.2, 0.25) is 5.91 Å². The van der Waals surface area contributed by atoms with Gasteiger partial charge in [-0.2, -0.15) is 5.10 Å². The molecular weight excluding hydrogens is 312 g/mol. The Labute approximate surface area is 136 Å². The van der Waals surface area contributed by atoms with Crippen LogP contribution >= 0.6 is 11.3 Å². The number of hydrazone groups is 1. The predicted molar refractivity (Wildman–Crippen MR) is 91.6 cm³/mol. The molecule has 1 amide bonds. The fourth-order valence-electron chi connectivity index (χ4n) is 2.11. The van der Waals surface area contributed by atoms with E-state index >= 15 is 0 Å². The van der Waals surface area contributed by atoms with Gasteiger partial charge in [0.25, 0.3) is 0 Å². The highest BCUT2D eigenvalue weighted by molar-refractivity contribution is 7.22. The minimum atomic E-state index is -0.224. The first kappa shape index (κ1) is 15.0. The van der Waals surface area contributed by atoms with E-state index in [1.165, 1.54) is 17.6 Å². The molecule has 0 aliphatic rings. The lowest BCUT2D eigenvalue weighted by atomic mass is 10.1. The number of hydrogen-bond donors (Lipinski definition) is 3. The van der Waals surface area contributed by atoms with E-state index in [0.717, 1.165) is 15.8 Å². The van der Waals surface area contributed by atoms with Gasteiger partial charge in [-0.05, 0) is 35.4 Å². The second kappa shape index (κ2) is 6.45. The van der Waals surface area contributed by atoms with E-state index in [9.17, 15) is 9.90 Å². The molecule has 0 aliphatic carbocycles. The number of benzene rings is 2. The zero-order valence-electron chi connectivity index (χ0n) is 12.1. The topological polar surface area (TPSA) is 101 Å². The first-order valence-corrected chi connectivity index (χ1v) is 7.68. The molecule has 3 aromatic rings. The summed E-state index contributed by atoms with van der Waals surface area (Å²) in [5.74, 6) is -0.0735. The van der Waals surface area contributed by atoms with Crippen LogP contribution in [0.3, 0.4) is 0 Å². The number of phenolic OH excluding ortho intramolecular Hbond substituents is 1. The fraction of sp³-hybridized carbons (Fsp3) is 0.0625. The highest BCUT2D eigenvalue weighted by atomic mass is 32.1. The quantitative estimate of drug-likeness (QED) is 0.506. The Balaban J connectivity index is 1.61. The van der Waals surface area contributed by atoms with Crippen molar-refractivity contribution in [1.82, 2.24) is 10.4 Å². The first-order valence-electron chi connectivity index (χ1n) is 6.86. The maximum absolute atomic E-state index is 11.9. The average molecular weight is 326 g/mol. The summed E-state index contributed by atoms with van der Waals surface area (Å²) in [5, 5.41) is 13.7. The van der Waals surface area contributed by atoms with Gasteiger partial charge in [0.1, 0.15) is 5.75 Å². The van der Waals surface area contributed by atoms with Gasteiger partial charge in [0.15, 0.2) is 5.13 Å². The number of aromatic nitrogens is 1. The number of nitrogens with two attached hydrogens (primary N) is 1. The molecule has 4 N–H and O–H groups in total. The van der Waals surface area contributed by atoms with Gasteiger partial charge in [-0.25, -0.2) is 10.4 Å². The minimum absolute atomic E-state index is 0.150. The number of rotatable bonds is 4. The minimum Gasteiger partial charge on any atom is -0.508 e. The maximum Gasteiger partial charge on any atom is 0.244 e. The fourth-order valence-corrected chi connectivity index (χ4v) is 2.90. The van der Waals surface area contributed by atoms with Crippen LogP contribution in [0.1, 0.15) is 11.1 Å². The molecule has 0 fully saturated rings. The van der Waals surface area contributed by atoms with Crippen LogP contribution in [-0.4, -0.2) is 22.2 Å². The largest absolute Gasteiger partial charge is 0.508 e. The molecule has 23 heavy (non-hydrogen) atoms. The van der Waals surface area contributed by atoms with Crippen molar-refractivity contribution in [1.29, 1.82) is 0 Å². The Morgan fingerprint density at radius 1 is 1.35 bits per heavy atom. The summed E-state index contributed by atoms with van der Waals surface area (Å²) in [6.45, 7) is 0. The lowest BCUT2D eigenvalue weighted by molar-refractivity contribution is -0.120. The number of aromatic hydroxyl groups is 1. The summed E-state index contributed by atoms with van der Waals surface area (Å²) in [6, 6.07) is 12.2. The summed E-state index contributed by atoms with van der Waals surface area (Å²) < 4.78 is 0.955. The molecule has 0 atom stereocenters. The number of carbonyl (C=O) groups is 1. The van der Waals surface area contributed by atoms with E-state index in [-0.39, 0.29) is 18.1 Å². The zero-order chi connectivity index (χ0) is 16.2. The molecule has 116 valence electrons. The number of carbonyl (C=O) groups excluding carboxylic acids is 1. The SMILES string of the molecule is Nc1nc2ccc(CC(=O)N/N=C\c3cccc(O)c3)cc2s1. The summed E-state index contributed by atoms with van der Waals surface area (Å²) in [4.78, 5) is 16.1. The number of fused-ring (bicyclic) bond motifs is 1. The van der Waals surface area contributed by atoms with Crippen molar-refractivity contribution in [3.05, 3.63) is 53.6 Å². The van der Waals surface area contributed by atoms with Crippen LogP contribution in [0.25, 0.3) is 10.2 Å². The summed E-state index contributed by atoms with van der Waals surface area (Å²) in [5.41, 5.74) is 10.5. The zero-order valence-corrected chi connectivity index (χ0v) is 12.9. The van der Waals surface area contributed by atoms with Gasteiger partial charge in [0, 0.05) is 0 Å². The number of anilines is 1. The third-order valence-corrected chi connectivity index (χ3v) is 3.95. The lowest BCUT2D eigenvalue weighted by Gasteiger charge is -2.01. The number of amides is 1. The van der Waals surface area contributed by atoms with Crippen molar-refractivity contribution in [2.75, 3.05) is 5.73 Å². The number of nitrogen functional groups attached to an aromatic ring is 1. The number of thiazole rings is 1. The Morgan fingerprint density at radius 2 is 2.22 bits per heavy atom. The van der Waals surface area contributed by atoms with Crippen LogP contribution in [0.4, 0.5) is 5.13 Å². The van der Waals surface area contributed by atoms with Crippen LogP contribution in [0.15, 0.2) is 47.6 Å². The van der Waals surface area contributed by atoms with E-state index in [0.29, 0.717) is 10.7 Å². The molecule has 1 heterocycles. The van der Waals surface area contributed by atoms with E-state index in [2.05, 4.69) is 15.5 Å². The maximum atomic E-state index is 11.9. The number of hydrogen-bond acceptors (Lipinski definition) is 6. The van der Waals surface area contributed by atoms with Gasteiger partial charge >= 0.3 is 0 Å². The van der Waals surface area contributed by atoms with Crippen LogP contribution < -0.4 is 11.2 Å². The van der Waals surface area contributed by atoms with E-state index < -0.39 is 0 Å². The van der Waals surface area contributed by atoms with Crippen molar-refractivity contribution in [2.45, 2.75) is 6.42 Å². The standard InChI is InChI=1S/C16H14N4O2S/c17-16-19-13-5-4-10(7-14(13)23-16)8-15(22)20-18-9-11-2-1-3-12(21)6-11/h1-7,9,21H,8H2,(H2,17,19)(H,20,22)/b18-9-. The molecule has 0 unspecified atom stereocenters. The molecule has 0 aliphatic heterocycles. The van der Waals surface area contributed by atoms with E-state index in [1.54, 1.807) is 24.3 Å². The Bertz CT molecular complexity index is 889. The van der Waals surface area contributed by atoms with Gasteiger partial charge < -0.3 is 10.8 Å². The monoisotopic (exact) mass is 326 g/mol. The van der Waals surface area contributed by atoms with Crippen LogP contribution in [0.5, 0.6) is 5.75 Å². The highest BCUT2D eigenvalue weighted by Crippen LogP contribution is 2.24. The summed E-state index contributed by atoms with van der Waals surface area (Å²) in [7, 11) is 0. The van der Waals surface area contributed by atoms with E-state index in [1.807, 2.05) is 18.2 Å². The van der Waals surface area contributed by atoms with Gasteiger partial charge in [-0.15, -0.1) is 0 Å². The molecular formula is C16H14N4O2S. The third-order valence-electron chi connectivity index (χ3n) is 3.11. The summed E-state index contributed by atoms with van der Waals surface area (Å²) in [6.07, 6.45) is 1.69. The van der Waals surface area contributed by atoms with Crippen LogP contribution in [0, 0.1) is 0 Å². The lowest BCUT2D eigenvalue weighted by Crippen LogP contribution is -2.19. The summed E-state index contributed by atoms with van der Waals surface area (Å²) >= 11 is 1.39. The molecule has 6 nitrogen and oxygen atoms in total. The Hall–Kier alpha value is -2.93. The molecule has 1 aromatic heterocycles. The molecule has 3 rings (SSSR count). The van der Waals surface area contributed by atoms with E-state index in [4.69, 9.17) is 5.73 Å². The first-order chi connectivity index (χ1) is 11.1.